The Balaban J connectivity index is 2.37. The lowest BCUT2D eigenvalue weighted by Crippen LogP contribution is -2.08. The molecule has 4 heteroatoms. The Morgan fingerprint density at radius 2 is 1.86 bits per heavy atom. The van der Waals surface area contributed by atoms with E-state index in [0.717, 1.165) is 15.7 Å². The van der Waals surface area contributed by atoms with Crippen LogP contribution in [0.1, 0.15) is 19.4 Å². The van der Waals surface area contributed by atoms with Gasteiger partial charge in [0.15, 0.2) is 11.5 Å². The number of hydrogen-bond acceptors (Lipinski definition) is 3. The largest absolute Gasteiger partial charge is 0.493 e. The fraction of sp³-hybridized carbons (Fsp3) is 0.235. The van der Waals surface area contributed by atoms with E-state index in [1.54, 1.807) is 13.3 Å². The van der Waals surface area contributed by atoms with E-state index in [1.165, 1.54) is 0 Å². The van der Waals surface area contributed by atoms with Crippen molar-refractivity contribution in [3.63, 3.8) is 0 Å². The summed E-state index contributed by atoms with van der Waals surface area (Å²) < 4.78 is 12.2. The van der Waals surface area contributed by atoms with Gasteiger partial charge in [0, 0.05) is 16.3 Å². The highest BCUT2D eigenvalue weighted by molar-refractivity contribution is 9.10. The normalized spacial score (nSPS) is 11.1. The Kier molecular flexibility index (Phi) is 5.39. The maximum Gasteiger partial charge on any atom is 0.170 e. The van der Waals surface area contributed by atoms with Gasteiger partial charge in [-0.3, -0.25) is 4.99 Å². The highest BCUT2D eigenvalue weighted by Gasteiger charge is 2.10. The summed E-state index contributed by atoms with van der Waals surface area (Å²) >= 11 is 3.49. The number of methoxy groups -OCH3 is 1. The molecule has 0 saturated heterocycles. The van der Waals surface area contributed by atoms with Crippen molar-refractivity contribution in [2.24, 2.45) is 4.99 Å². The van der Waals surface area contributed by atoms with Gasteiger partial charge >= 0.3 is 0 Å². The van der Waals surface area contributed by atoms with Gasteiger partial charge in [-0.05, 0) is 54.0 Å². The van der Waals surface area contributed by atoms with Crippen LogP contribution in [-0.2, 0) is 0 Å². The summed E-state index contributed by atoms with van der Waals surface area (Å²) in [5.41, 5.74) is 1.76. The molecule has 3 nitrogen and oxygen atoms in total. The van der Waals surface area contributed by atoms with Crippen molar-refractivity contribution in [3.8, 4) is 11.5 Å². The summed E-state index contributed by atoms with van der Waals surface area (Å²) in [4.78, 5) is 4.51. The predicted octanol–water partition coefficient (Wildman–Crippen LogP) is 5.00. The second kappa shape index (κ2) is 7.27. The summed E-state index contributed by atoms with van der Waals surface area (Å²) in [6.45, 7) is 3.97. The molecule has 21 heavy (non-hydrogen) atoms. The number of benzene rings is 2. The van der Waals surface area contributed by atoms with E-state index in [2.05, 4.69) is 20.9 Å². The van der Waals surface area contributed by atoms with Crippen LogP contribution in [0.25, 0.3) is 0 Å². The van der Waals surface area contributed by atoms with Crippen molar-refractivity contribution in [2.45, 2.75) is 20.0 Å². The van der Waals surface area contributed by atoms with Crippen LogP contribution in [0.2, 0.25) is 0 Å². The average molecular weight is 348 g/mol. The van der Waals surface area contributed by atoms with Crippen LogP contribution in [-0.4, -0.2) is 19.4 Å². The molecule has 0 N–H and O–H groups in total. The maximum absolute atomic E-state index is 5.86. The lowest BCUT2D eigenvalue weighted by atomic mass is 10.2. The first kappa shape index (κ1) is 15.6. The van der Waals surface area contributed by atoms with Crippen molar-refractivity contribution >= 4 is 27.8 Å². The van der Waals surface area contributed by atoms with E-state index in [0.29, 0.717) is 11.5 Å². The van der Waals surface area contributed by atoms with Crippen LogP contribution in [0.4, 0.5) is 5.69 Å². The second-order valence-electron chi connectivity index (χ2n) is 4.75. The van der Waals surface area contributed by atoms with Crippen molar-refractivity contribution in [3.05, 3.63) is 52.5 Å². The lowest BCUT2D eigenvalue weighted by molar-refractivity contribution is 0.230. The molecule has 0 heterocycles. The third-order valence-electron chi connectivity index (χ3n) is 2.78. The van der Waals surface area contributed by atoms with Crippen molar-refractivity contribution < 1.29 is 9.47 Å². The van der Waals surface area contributed by atoms with Gasteiger partial charge in [0.1, 0.15) is 0 Å². The molecule has 2 rings (SSSR count). The first-order chi connectivity index (χ1) is 10.1. The van der Waals surface area contributed by atoms with E-state index in [1.807, 2.05) is 56.3 Å². The van der Waals surface area contributed by atoms with Crippen LogP contribution >= 0.6 is 15.9 Å². The molecule has 0 aliphatic heterocycles. The Labute approximate surface area is 133 Å². The minimum atomic E-state index is 0.0666. The Morgan fingerprint density at radius 1 is 1.10 bits per heavy atom. The van der Waals surface area contributed by atoms with Crippen molar-refractivity contribution in [1.29, 1.82) is 0 Å². The van der Waals surface area contributed by atoms with Crippen LogP contribution in [0.3, 0.4) is 0 Å². The molecule has 0 spiro atoms. The van der Waals surface area contributed by atoms with Gasteiger partial charge in [-0.1, -0.05) is 18.2 Å². The molecule has 0 amide bonds. The Morgan fingerprint density at radius 3 is 2.52 bits per heavy atom. The number of hydrogen-bond donors (Lipinski definition) is 0. The van der Waals surface area contributed by atoms with Gasteiger partial charge in [-0.2, -0.15) is 0 Å². The van der Waals surface area contributed by atoms with E-state index < -0.39 is 0 Å². The smallest absolute Gasteiger partial charge is 0.170 e. The quantitative estimate of drug-likeness (QED) is 0.713. The number of aliphatic imine (C=N–C) groups is 1. The maximum atomic E-state index is 5.86. The summed E-state index contributed by atoms with van der Waals surface area (Å²) in [5.74, 6) is 1.42. The van der Waals surface area contributed by atoms with E-state index in [-0.39, 0.29) is 6.10 Å². The van der Waals surface area contributed by atoms with Crippen LogP contribution in [0.15, 0.2) is 51.9 Å². The number of nitrogens with zero attached hydrogens (tertiary/aromatic N) is 1. The van der Waals surface area contributed by atoms with E-state index in [4.69, 9.17) is 9.47 Å². The monoisotopic (exact) mass is 347 g/mol. The second-order valence-corrected chi connectivity index (χ2v) is 5.61. The van der Waals surface area contributed by atoms with Crippen LogP contribution in [0, 0.1) is 0 Å². The molecule has 0 aromatic heterocycles. The third kappa shape index (κ3) is 4.08. The number of para-hydroxylation sites is 2. The molecule has 110 valence electrons. The predicted molar refractivity (Wildman–Crippen MR) is 90.2 cm³/mol. The lowest BCUT2D eigenvalue weighted by Gasteiger charge is -2.15. The van der Waals surface area contributed by atoms with Gasteiger partial charge in [-0.15, -0.1) is 0 Å². The van der Waals surface area contributed by atoms with Gasteiger partial charge in [0.25, 0.3) is 0 Å². The fourth-order valence-electron chi connectivity index (χ4n) is 1.85. The number of ether oxygens (including phenoxy) is 2. The third-order valence-corrected chi connectivity index (χ3v) is 3.45. The number of halogens is 1. The zero-order valence-electron chi connectivity index (χ0n) is 12.3. The molecule has 0 radical (unpaired) electrons. The van der Waals surface area contributed by atoms with E-state index in [9.17, 15) is 0 Å². The molecule has 2 aromatic carbocycles. The topological polar surface area (TPSA) is 30.8 Å². The van der Waals surface area contributed by atoms with Gasteiger partial charge in [0.05, 0.1) is 18.9 Å². The standard InChI is InChI=1S/C17H18BrNO2/c1-12(2)21-17-13(7-6-10-16(17)20-3)11-19-15-9-5-4-8-14(15)18/h4-12H,1-3H3. The van der Waals surface area contributed by atoms with Gasteiger partial charge in [-0.25, -0.2) is 0 Å². The van der Waals surface area contributed by atoms with Gasteiger partial charge < -0.3 is 9.47 Å². The molecular formula is C17H18BrNO2. The SMILES string of the molecule is COc1cccc(C=Nc2ccccc2Br)c1OC(C)C. The van der Waals surface area contributed by atoms with Crippen LogP contribution < -0.4 is 9.47 Å². The summed E-state index contributed by atoms with van der Waals surface area (Å²) in [5, 5.41) is 0. The Hall–Kier alpha value is -1.81. The van der Waals surface area contributed by atoms with Crippen LogP contribution in [0.5, 0.6) is 11.5 Å². The van der Waals surface area contributed by atoms with Crippen molar-refractivity contribution in [1.82, 2.24) is 0 Å². The Bertz CT molecular complexity index is 638. The summed E-state index contributed by atoms with van der Waals surface area (Å²) in [6.07, 6.45) is 1.86. The zero-order chi connectivity index (χ0) is 15.2. The van der Waals surface area contributed by atoms with Gasteiger partial charge in [0.2, 0.25) is 0 Å². The first-order valence-corrected chi connectivity index (χ1v) is 7.53. The minimum Gasteiger partial charge on any atom is -0.493 e. The van der Waals surface area contributed by atoms with Crippen molar-refractivity contribution in [2.75, 3.05) is 7.11 Å². The fourth-order valence-corrected chi connectivity index (χ4v) is 2.24. The molecule has 0 fully saturated rings. The molecule has 0 aliphatic carbocycles. The highest BCUT2D eigenvalue weighted by Crippen LogP contribution is 2.32. The molecule has 0 bridgehead atoms. The highest BCUT2D eigenvalue weighted by atomic mass is 79.9. The molecular weight excluding hydrogens is 330 g/mol. The first-order valence-electron chi connectivity index (χ1n) is 6.74. The van der Waals surface area contributed by atoms with E-state index >= 15 is 0 Å². The zero-order valence-corrected chi connectivity index (χ0v) is 13.9. The molecule has 0 saturated carbocycles. The molecule has 0 unspecified atom stereocenters. The average Bonchev–Trinajstić information content (AvgIpc) is 2.47. The molecule has 2 aromatic rings. The number of rotatable bonds is 5. The summed E-state index contributed by atoms with van der Waals surface area (Å²) in [6, 6.07) is 13.6. The molecule has 0 atom stereocenters. The minimum absolute atomic E-state index is 0.0666. The molecule has 0 aliphatic rings. The summed E-state index contributed by atoms with van der Waals surface area (Å²) in [7, 11) is 1.64.